The van der Waals surface area contributed by atoms with Crippen molar-refractivity contribution in [3.05, 3.63) is 0 Å². The summed E-state index contributed by atoms with van der Waals surface area (Å²) in [6, 6.07) is -0.854. The SMILES string of the molecule is N[C@H](C=O)CC(=O)O. The maximum Gasteiger partial charge on any atom is 0.305 e. The largest absolute Gasteiger partial charge is 0.481 e. The van der Waals surface area contributed by atoms with Crippen LogP contribution in [0, 0.1) is 0 Å². The third-order valence-corrected chi connectivity index (χ3v) is 0.585. The van der Waals surface area contributed by atoms with Crippen molar-refractivity contribution in [2.45, 2.75) is 12.5 Å². The van der Waals surface area contributed by atoms with E-state index in [0.717, 1.165) is 0 Å². The Kier molecular flexibility index (Phi) is 2.79. The molecule has 0 bridgehead atoms. The van der Waals surface area contributed by atoms with Crippen molar-refractivity contribution in [3.63, 3.8) is 0 Å². The van der Waals surface area contributed by atoms with Crippen molar-refractivity contribution in [2.24, 2.45) is 5.73 Å². The third kappa shape index (κ3) is 3.30. The van der Waals surface area contributed by atoms with E-state index < -0.39 is 12.0 Å². The Labute approximate surface area is 46.3 Å². The van der Waals surface area contributed by atoms with E-state index in [2.05, 4.69) is 0 Å². The summed E-state index contributed by atoms with van der Waals surface area (Å²) in [5.74, 6) is -1.05. The molecule has 0 aliphatic carbocycles. The molecule has 1 atom stereocenters. The van der Waals surface area contributed by atoms with E-state index in [1.54, 1.807) is 0 Å². The van der Waals surface area contributed by atoms with Gasteiger partial charge in [0.1, 0.15) is 6.29 Å². The Hall–Kier alpha value is -0.900. The van der Waals surface area contributed by atoms with E-state index >= 15 is 0 Å². The number of aliphatic carboxylic acids is 1. The summed E-state index contributed by atoms with van der Waals surface area (Å²) in [5.41, 5.74) is 4.92. The van der Waals surface area contributed by atoms with Gasteiger partial charge < -0.3 is 15.6 Å². The number of carbonyl (C=O) groups excluding carboxylic acids is 1. The third-order valence-electron chi connectivity index (χ3n) is 0.585. The van der Waals surface area contributed by atoms with Gasteiger partial charge in [0, 0.05) is 0 Å². The van der Waals surface area contributed by atoms with Gasteiger partial charge in [-0.25, -0.2) is 0 Å². The average Bonchev–Trinajstić information content (AvgIpc) is 1.65. The van der Waals surface area contributed by atoms with Crippen LogP contribution in [0.5, 0.6) is 0 Å². The second kappa shape index (κ2) is 3.15. The van der Waals surface area contributed by atoms with Gasteiger partial charge in [0.25, 0.3) is 0 Å². The van der Waals surface area contributed by atoms with Gasteiger partial charge in [-0.2, -0.15) is 0 Å². The van der Waals surface area contributed by atoms with Crippen LogP contribution >= 0.6 is 0 Å². The van der Waals surface area contributed by atoms with E-state index in [-0.39, 0.29) is 6.42 Å². The molecule has 0 saturated heterocycles. The number of hydrogen-bond acceptors (Lipinski definition) is 3. The highest BCUT2D eigenvalue weighted by Gasteiger charge is 2.03. The first-order chi connectivity index (χ1) is 3.66. The number of hydrogen-bond donors (Lipinski definition) is 2. The molecule has 8 heavy (non-hydrogen) atoms. The predicted molar refractivity (Wildman–Crippen MR) is 26.3 cm³/mol. The second-order valence-electron chi connectivity index (χ2n) is 1.40. The monoisotopic (exact) mass is 117 g/mol. The van der Waals surface area contributed by atoms with Crippen LogP contribution < -0.4 is 5.73 Å². The highest BCUT2D eigenvalue weighted by molar-refractivity contribution is 5.73. The summed E-state index contributed by atoms with van der Waals surface area (Å²) >= 11 is 0. The standard InChI is InChI=1S/C4H7NO3/c5-3(2-6)1-4(7)8/h2-3H,1,5H2,(H,7,8)/t3-/m0/s1. The van der Waals surface area contributed by atoms with Gasteiger partial charge in [-0.05, 0) is 0 Å². The fourth-order valence-electron chi connectivity index (χ4n) is 0.250. The van der Waals surface area contributed by atoms with E-state index in [0.29, 0.717) is 6.29 Å². The topological polar surface area (TPSA) is 80.4 Å². The Morgan fingerprint density at radius 2 is 2.38 bits per heavy atom. The molecule has 0 amide bonds. The molecule has 3 N–H and O–H groups in total. The number of carbonyl (C=O) groups is 2. The van der Waals surface area contributed by atoms with Crippen molar-refractivity contribution >= 4 is 12.3 Å². The molecule has 0 unspecified atom stereocenters. The summed E-state index contributed by atoms with van der Waals surface area (Å²) in [6.45, 7) is 0. The molecule has 4 nitrogen and oxygen atoms in total. The van der Waals surface area contributed by atoms with Crippen LogP contribution in [0.2, 0.25) is 0 Å². The maximum atomic E-state index is 9.73. The quantitative estimate of drug-likeness (QED) is 0.464. The lowest BCUT2D eigenvalue weighted by atomic mass is 10.2. The minimum atomic E-state index is -1.05. The van der Waals surface area contributed by atoms with E-state index in [4.69, 9.17) is 10.8 Å². The van der Waals surface area contributed by atoms with Gasteiger partial charge in [0.05, 0.1) is 12.5 Å². The molecule has 0 aromatic rings. The Morgan fingerprint density at radius 3 is 2.50 bits per heavy atom. The highest BCUT2D eigenvalue weighted by Crippen LogP contribution is 1.80. The Morgan fingerprint density at radius 1 is 1.88 bits per heavy atom. The van der Waals surface area contributed by atoms with Crippen LogP contribution in [0.4, 0.5) is 0 Å². The molecule has 0 rings (SSSR count). The number of aldehydes is 1. The van der Waals surface area contributed by atoms with Crippen LogP contribution in [0.25, 0.3) is 0 Å². The highest BCUT2D eigenvalue weighted by atomic mass is 16.4. The van der Waals surface area contributed by atoms with Gasteiger partial charge >= 0.3 is 5.97 Å². The van der Waals surface area contributed by atoms with Crippen LogP contribution in [-0.4, -0.2) is 23.4 Å². The zero-order valence-corrected chi connectivity index (χ0v) is 4.20. The van der Waals surface area contributed by atoms with Gasteiger partial charge in [0.2, 0.25) is 0 Å². The molecule has 0 spiro atoms. The molecule has 0 radical (unpaired) electrons. The van der Waals surface area contributed by atoms with Crippen molar-refractivity contribution in [3.8, 4) is 0 Å². The number of carboxylic acid groups (broad SMARTS) is 1. The summed E-state index contributed by atoms with van der Waals surface area (Å²) in [7, 11) is 0. The summed E-state index contributed by atoms with van der Waals surface area (Å²) in [5, 5.41) is 7.98. The minimum Gasteiger partial charge on any atom is -0.481 e. The van der Waals surface area contributed by atoms with Gasteiger partial charge in [-0.1, -0.05) is 0 Å². The fraction of sp³-hybridized carbons (Fsp3) is 0.500. The fourth-order valence-corrected chi connectivity index (χ4v) is 0.250. The normalized spacial score (nSPS) is 12.6. The van der Waals surface area contributed by atoms with Crippen LogP contribution in [0.15, 0.2) is 0 Å². The first-order valence-corrected chi connectivity index (χ1v) is 2.09. The molecule has 0 aromatic carbocycles. The molecule has 0 fully saturated rings. The van der Waals surface area contributed by atoms with Gasteiger partial charge in [0.15, 0.2) is 0 Å². The Balaban J connectivity index is 3.38. The number of carboxylic acids is 1. The molecular weight excluding hydrogens is 110 g/mol. The molecular formula is C4H7NO3. The lowest BCUT2D eigenvalue weighted by Gasteiger charge is -1.94. The minimum absolute atomic E-state index is 0.288. The van der Waals surface area contributed by atoms with Crippen molar-refractivity contribution in [1.82, 2.24) is 0 Å². The average molecular weight is 117 g/mol. The first kappa shape index (κ1) is 7.10. The van der Waals surface area contributed by atoms with E-state index in [1.807, 2.05) is 0 Å². The summed E-state index contributed by atoms with van der Waals surface area (Å²) in [4.78, 5) is 19.4. The zero-order valence-electron chi connectivity index (χ0n) is 4.20. The van der Waals surface area contributed by atoms with Crippen molar-refractivity contribution in [1.29, 1.82) is 0 Å². The summed E-state index contributed by atoms with van der Waals surface area (Å²) in [6.07, 6.45) is 0.123. The maximum absolute atomic E-state index is 9.73. The van der Waals surface area contributed by atoms with Crippen LogP contribution in [0.3, 0.4) is 0 Å². The zero-order chi connectivity index (χ0) is 6.57. The summed E-state index contributed by atoms with van der Waals surface area (Å²) < 4.78 is 0. The van der Waals surface area contributed by atoms with Crippen LogP contribution in [0.1, 0.15) is 6.42 Å². The van der Waals surface area contributed by atoms with Crippen molar-refractivity contribution < 1.29 is 14.7 Å². The number of nitrogens with two attached hydrogens (primary N) is 1. The smallest absolute Gasteiger partial charge is 0.305 e. The molecule has 4 heteroatoms. The first-order valence-electron chi connectivity index (χ1n) is 2.09. The molecule has 0 aliphatic rings. The predicted octanol–water partition coefficient (Wildman–Crippen LogP) is -1.01. The second-order valence-corrected chi connectivity index (χ2v) is 1.40. The molecule has 0 heterocycles. The molecule has 0 aliphatic heterocycles. The molecule has 46 valence electrons. The van der Waals surface area contributed by atoms with Gasteiger partial charge in [-0.15, -0.1) is 0 Å². The van der Waals surface area contributed by atoms with E-state index in [1.165, 1.54) is 0 Å². The molecule has 0 saturated carbocycles. The molecule has 0 aromatic heterocycles. The van der Waals surface area contributed by atoms with Crippen LogP contribution in [-0.2, 0) is 9.59 Å². The van der Waals surface area contributed by atoms with Crippen molar-refractivity contribution in [2.75, 3.05) is 0 Å². The van der Waals surface area contributed by atoms with E-state index in [9.17, 15) is 9.59 Å². The lowest BCUT2D eigenvalue weighted by Crippen LogP contribution is -2.24. The van der Waals surface area contributed by atoms with Gasteiger partial charge in [-0.3, -0.25) is 4.79 Å². The Bertz CT molecular complexity index is 101. The lowest BCUT2D eigenvalue weighted by molar-refractivity contribution is -0.138. The number of rotatable bonds is 3.